The van der Waals surface area contributed by atoms with Crippen molar-refractivity contribution in [2.45, 2.75) is 82.6 Å². The Bertz CT molecular complexity index is 993. The van der Waals surface area contributed by atoms with Gasteiger partial charge in [-0.15, -0.1) is 0 Å². The summed E-state index contributed by atoms with van der Waals surface area (Å²) in [6, 6.07) is 3.35. The molecule has 5 rings (SSSR count). The molecule has 0 saturated carbocycles. The molecule has 3 saturated heterocycles. The van der Waals surface area contributed by atoms with Gasteiger partial charge in [-0.05, 0) is 63.0 Å². The quantitative estimate of drug-likeness (QED) is 0.648. The van der Waals surface area contributed by atoms with Crippen LogP contribution in [0, 0.1) is 11.7 Å². The van der Waals surface area contributed by atoms with Crippen molar-refractivity contribution in [2.75, 3.05) is 19.8 Å². The number of ether oxygens (including phenoxy) is 2. The van der Waals surface area contributed by atoms with Gasteiger partial charge in [0.15, 0.2) is 0 Å². The average Bonchev–Trinajstić information content (AvgIpc) is 3.19. The van der Waals surface area contributed by atoms with E-state index in [9.17, 15) is 9.59 Å². The van der Waals surface area contributed by atoms with E-state index in [0.717, 1.165) is 38.9 Å². The van der Waals surface area contributed by atoms with Gasteiger partial charge in [0.2, 0.25) is 5.91 Å². The van der Waals surface area contributed by atoms with E-state index < -0.39 is 6.04 Å². The first-order chi connectivity index (χ1) is 16.9. The number of piperidine rings is 1. The van der Waals surface area contributed by atoms with Crippen molar-refractivity contribution in [3.63, 3.8) is 0 Å². The van der Waals surface area contributed by atoms with E-state index in [4.69, 9.17) is 9.47 Å². The predicted molar refractivity (Wildman–Crippen MR) is 129 cm³/mol. The van der Waals surface area contributed by atoms with Crippen molar-refractivity contribution in [3.8, 4) is 0 Å². The van der Waals surface area contributed by atoms with Crippen LogP contribution in [0.15, 0.2) is 24.4 Å². The van der Waals surface area contributed by atoms with Crippen LogP contribution in [0.1, 0.15) is 66.9 Å². The smallest absolute Gasteiger partial charge is 0.255 e. The van der Waals surface area contributed by atoms with E-state index in [0.29, 0.717) is 60.2 Å². The number of hydrogen-bond acceptors (Lipinski definition) is 5. The fourth-order valence-corrected chi connectivity index (χ4v) is 6.03. The normalized spacial score (nSPS) is 28.7. The number of amides is 2. The van der Waals surface area contributed by atoms with E-state index in [1.54, 1.807) is 12.1 Å². The Morgan fingerprint density at radius 1 is 1.20 bits per heavy atom. The molecule has 4 heterocycles. The number of nitrogens with one attached hydrogen (secondary N) is 2. The van der Waals surface area contributed by atoms with E-state index in [2.05, 4.69) is 24.1 Å². The monoisotopic (exact) mass is 485 g/mol. The summed E-state index contributed by atoms with van der Waals surface area (Å²) in [5.74, 6) is -0.290. The average molecular weight is 486 g/mol. The zero-order valence-electron chi connectivity index (χ0n) is 20.5. The number of benzene rings is 1. The van der Waals surface area contributed by atoms with Crippen molar-refractivity contribution in [2.24, 2.45) is 5.92 Å². The molecule has 0 aliphatic carbocycles. The molecule has 2 amide bonds. The summed E-state index contributed by atoms with van der Waals surface area (Å²) >= 11 is 0. The Balaban J connectivity index is 1.28. The van der Waals surface area contributed by atoms with Crippen LogP contribution >= 0.6 is 0 Å². The largest absolute Gasteiger partial charge is 0.381 e. The van der Waals surface area contributed by atoms with Crippen molar-refractivity contribution in [1.82, 2.24) is 15.5 Å². The molecule has 190 valence electrons. The van der Waals surface area contributed by atoms with Crippen LogP contribution in [0.5, 0.6) is 0 Å². The lowest BCUT2D eigenvalue weighted by Gasteiger charge is -2.37. The first-order valence-electron chi connectivity index (χ1n) is 13.0. The van der Waals surface area contributed by atoms with Gasteiger partial charge in [0, 0.05) is 55.1 Å². The number of fused-ring (bicyclic) bond motifs is 1. The molecule has 4 aliphatic heterocycles. The third-order valence-electron chi connectivity index (χ3n) is 8.15. The summed E-state index contributed by atoms with van der Waals surface area (Å²) < 4.78 is 27.3. The second kappa shape index (κ2) is 10.4. The fraction of sp³-hybridized carbons (Fsp3) is 0.630. The molecule has 2 unspecified atom stereocenters. The van der Waals surface area contributed by atoms with Crippen LogP contribution < -0.4 is 10.6 Å². The Morgan fingerprint density at radius 2 is 2.00 bits per heavy atom. The van der Waals surface area contributed by atoms with Gasteiger partial charge in [0.05, 0.1) is 12.6 Å². The molecule has 4 atom stereocenters. The molecule has 7 nitrogen and oxygen atoms in total. The summed E-state index contributed by atoms with van der Waals surface area (Å²) in [6.07, 6.45) is 5.56. The van der Waals surface area contributed by atoms with Gasteiger partial charge < -0.3 is 25.0 Å². The first-order valence-corrected chi connectivity index (χ1v) is 13.0. The fourth-order valence-electron chi connectivity index (χ4n) is 6.03. The minimum Gasteiger partial charge on any atom is -0.381 e. The number of carbonyl (C=O) groups is 2. The third-order valence-corrected chi connectivity index (χ3v) is 8.15. The van der Waals surface area contributed by atoms with Crippen LogP contribution in [-0.4, -0.2) is 60.8 Å². The number of nitrogens with zero attached hydrogens (tertiary/aromatic N) is 1. The molecule has 4 aliphatic rings. The summed E-state index contributed by atoms with van der Waals surface area (Å²) in [7, 11) is 0. The van der Waals surface area contributed by atoms with E-state index in [-0.39, 0.29) is 36.3 Å². The maximum atomic E-state index is 15.7. The van der Waals surface area contributed by atoms with Gasteiger partial charge in [-0.2, -0.15) is 0 Å². The Morgan fingerprint density at radius 3 is 2.77 bits per heavy atom. The zero-order chi connectivity index (χ0) is 24.5. The highest BCUT2D eigenvalue weighted by molar-refractivity contribution is 6.01. The maximum Gasteiger partial charge on any atom is 0.255 e. The lowest BCUT2D eigenvalue weighted by atomic mass is 9.89. The van der Waals surface area contributed by atoms with Crippen molar-refractivity contribution in [3.05, 3.63) is 46.9 Å². The van der Waals surface area contributed by atoms with Gasteiger partial charge in [0.25, 0.3) is 5.91 Å². The molecular formula is C27H36FN3O4. The highest BCUT2D eigenvalue weighted by atomic mass is 19.1. The number of allylic oxidation sites excluding steroid dienone is 1. The third kappa shape index (κ3) is 5.01. The molecule has 0 spiro atoms. The van der Waals surface area contributed by atoms with Crippen LogP contribution in [0.4, 0.5) is 4.39 Å². The zero-order valence-corrected chi connectivity index (χ0v) is 20.5. The maximum absolute atomic E-state index is 15.7. The van der Waals surface area contributed by atoms with Crippen molar-refractivity contribution >= 4 is 11.8 Å². The number of rotatable bonds is 6. The van der Waals surface area contributed by atoms with Crippen LogP contribution in [-0.2, 0) is 27.2 Å². The van der Waals surface area contributed by atoms with Crippen LogP contribution in [0.3, 0.4) is 0 Å². The molecule has 35 heavy (non-hydrogen) atoms. The first kappa shape index (κ1) is 24.4. The lowest BCUT2D eigenvalue weighted by Crippen LogP contribution is -2.51. The minimum atomic E-state index is -0.592. The van der Waals surface area contributed by atoms with Gasteiger partial charge in [0.1, 0.15) is 11.9 Å². The van der Waals surface area contributed by atoms with Crippen LogP contribution in [0.2, 0.25) is 0 Å². The van der Waals surface area contributed by atoms with E-state index >= 15 is 4.39 Å². The number of hydrogen-bond donors (Lipinski definition) is 2. The van der Waals surface area contributed by atoms with Crippen LogP contribution in [0.25, 0.3) is 0 Å². The summed E-state index contributed by atoms with van der Waals surface area (Å²) in [6.45, 7) is 8.45. The van der Waals surface area contributed by atoms with Gasteiger partial charge in [-0.25, -0.2) is 4.39 Å². The minimum absolute atomic E-state index is 0.117. The second-order valence-corrected chi connectivity index (χ2v) is 10.4. The van der Waals surface area contributed by atoms with Crippen molar-refractivity contribution < 1.29 is 23.5 Å². The number of carbonyl (C=O) groups excluding carboxylic acids is 2. The molecular weight excluding hydrogens is 449 g/mol. The van der Waals surface area contributed by atoms with Gasteiger partial charge >= 0.3 is 0 Å². The number of halogens is 1. The molecule has 0 radical (unpaired) electrons. The lowest BCUT2D eigenvalue weighted by molar-refractivity contribution is -0.126. The molecule has 1 aromatic carbocycles. The standard InChI is InChI=1S/C27H36FN3O4/c1-16-5-8-23(26(32)29-16)31-15-21-20(27(31)33)7-6-19(25(21)28)14-24-22(4-3-11-35-24)30-17(2)18-9-12-34-13-10-18/h6-7,17-18,22-24,30H,1,3-5,8-15H2,2H3,(H,29,32)/t17?,22-,23?,24+/m0/s1. The molecule has 1 aromatic rings. The van der Waals surface area contributed by atoms with Crippen molar-refractivity contribution in [1.29, 1.82) is 0 Å². The Hall–Kier alpha value is -2.29. The topological polar surface area (TPSA) is 79.9 Å². The molecule has 3 fully saturated rings. The van der Waals surface area contributed by atoms with Gasteiger partial charge in [-0.1, -0.05) is 12.6 Å². The molecule has 8 heteroatoms. The second-order valence-electron chi connectivity index (χ2n) is 10.4. The highest BCUT2D eigenvalue weighted by Gasteiger charge is 2.40. The Kier molecular flexibility index (Phi) is 7.23. The summed E-state index contributed by atoms with van der Waals surface area (Å²) in [5.41, 5.74) is 1.97. The van der Waals surface area contributed by atoms with E-state index in [1.807, 2.05) is 0 Å². The SMILES string of the molecule is C=C1CCC(N2Cc3c(ccc(C[C@H]4OCCC[C@@H]4NC(C)C4CCOCC4)c3F)C2=O)C(=O)N1. The molecule has 0 aromatic heterocycles. The predicted octanol–water partition coefficient (Wildman–Crippen LogP) is 3.07. The molecule has 0 bridgehead atoms. The highest BCUT2D eigenvalue weighted by Crippen LogP contribution is 2.32. The summed E-state index contributed by atoms with van der Waals surface area (Å²) in [5, 5.41) is 6.51. The van der Waals surface area contributed by atoms with E-state index in [1.165, 1.54) is 4.90 Å². The summed E-state index contributed by atoms with van der Waals surface area (Å²) in [4.78, 5) is 27.0. The Labute approximate surface area is 206 Å². The molecule has 2 N–H and O–H groups in total. The van der Waals surface area contributed by atoms with Gasteiger partial charge in [-0.3, -0.25) is 9.59 Å².